The normalized spacial score (nSPS) is 19.0. The summed E-state index contributed by atoms with van der Waals surface area (Å²) in [5, 5.41) is 10.4. The predicted octanol–water partition coefficient (Wildman–Crippen LogP) is 3.25. The molecule has 0 radical (unpaired) electrons. The topological polar surface area (TPSA) is 80.1 Å². The zero-order valence-corrected chi connectivity index (χ0v) is 18.8. The van der Waals surface area contributed by atoms with Crippen LogP contribution in [0.25, 0.3) is 0 Å². The average molecular weight is 450 g/mol. The van der Waals surface area contributed by atoms with Crippen LogP contribution in [0.1, 0.15) is 48.9 Å². The number of carbonyl (C=O) groups is 2. The summed E-state index contributed by atoms with van der Waals surface area (Å²) in [6.45, 7) is 4.12. The van der Waals surface area contributed by atoms with Gasteiger partial charge in [0.15, 0.2) is 0 Å². The van der Waals surface area contributed by atoms with E-state index >= 15 is 0 Å². The Hall–Kier alpha value is -3.55. The van der Waals surface area contributed by atoms with Crippen molar-refractivity contribution in [2.24, 2.45) is 0 Å². The molecular weight excluding hydrogens is 421 g/mol. The highest BCUT2D eigenvalue weighted by atomic mass is 19.1. The van der Waals surface area contributed by atoms with Crippen molar-refractivity contribution in [3.05, 3.63) is 83.9 Å². The first kappa shape index (κ1) is 22.6. The Morgan fingerprint density at radius 2 is 1.61 bits per heavy atom. The molecule has 172 valence electrons. The number of aromatic nitrogens is 3. The lowest BCUT2D eigenvalue weighted by molar-refractivity contribution is -0.139. The molecule has 1 aliphatic rings. The minimum absolute atomic E-state index is 0.0203. The van der Waals surface area contributed by atoms with Gasteiger partial charge in [-0.25, -0.2) is 4.39 Å². The second-order valence-corrected chi connectivity index (χ2v) is 8.70. The molecular formula is C25H28FN5O2. The molecule has 2 aromatic carbocycles. The predicted molar refractivity (Wildman–Crippen MR) is 122 cm³/mol. The lowest BCUT2D eigenvalue weighted by atomic mass is 9.95. The van der Waals surface area contributed by atoms with Crippen molar-refractivity contribution in [3.8, 4) is 0 Å². The van der Waals surface area contributed by atoms with Crippen LogP contribution in [0.4, 0.5) is 4.39 Å². The highest BCUT2D eigenvalue weighted by molar-refractivity contribution is 5.88. The molecule has 4 rings (SSSR count). The molecule has 0 aliphatic carbocycles. The first-order chi connectivity index (χ1) is 15.9. The second kappa shape index (κ2) is 9.94. The molecule has 2 amide bonds. The van der Waals surface area contributed by atoms with E-state index in [9.17, 15) is 14.0 Å². The third kappa shape index (κ3) is 5.27. The molecule has 1 N–H and O–H groups in total. The lowest BCUT2D eigenvalue weighted by Crippen LogP contribution is -2.47. The number of rotatable bonds is 7. The van der Waals surface area contributed by atoms with E-state index in [-0.39, 0.29) is 31.3 Å². The Kier molecular flexibility index (Phi) is 6.82. The standard InChI is InChI=1S/C25H28FN5O2/c1-17(2)18-8-10-20(11-9-18)24(19-6-4-3-5-7-19)29-25(33)22-12-21(26)13-31(22)23(32)14-30-15-27-28-16-30/h3-11,15-17,21-22,24H,12-14H2,1-2H3,(H,29,33)/t21-,22?,24+/m1/s1. The van der Waals surface area contributed by atoms with Crippen LogP contribution in [0.2, 0.25) is 0 Å². The number of hydrogen-bond donors (Lipinski definition) is 1. The summed E-state index contributed by atoms with van der Waals surface area (Å²) in [7, 11) is 0. The van der Waals surface area contributed by atoms with E-state index in [4.69, 9.17) is 0 Å². The van der Waals surface area contributed by atoms with Gasteiger partial charge in [-0.2, -0.15) is 0 Å². The van der Waals surface area contributed by atoms with Crippen molar-refractivity contribution in [1.82, 2.24) is 25.0 Å². The van der Waals surface area contributed by atoms with Gasteiger partial charge in [-0.1, -0.05) is 68.4 Å². The Bertz CT molecular complexity index is 1070. The quantitative estimate of drug-likeness (QED) is 0.601. The summed E-state index contributed by atoms with van der Waals surface area (Å²) in [4.78, 5) is 27.5. The number of hydrogen-bond acceptors (Lipinski definition) is 4. The summed E-state index contributed by atoms with van der Waals surface area (Å²) in [5.41, 5.74) is 3.05. The molecule has 1 saturated heterocycles. The van der Waals surface area contributed by atoms with Gasteiger partial charge in [0.2, 0.25) is 11.8 Å². The van der Waals surface area contributed by atoms with E-state index in [1.807, 2.05) is 42.5 Å². The molecule has 8 heteroatoms. The number of carbonyl (C=O) groups excluding carboxylic acids is 2. The fourth-order valence-corrected chi connectivity index (χ4v) is 4.18. The van der Waals surface area contributed by atoms with Crippen LogP contribution in [-0.4, -0.2) is 50.2 Å². The Morgan fingerprint density at radius 1 is 1.00 bits per heavy atom. The average Bonchev–Trinajstić information content (AvgIpc) is 3.47. The third-order valence-electron chi connectivity index (χ3n) is 6.01. The van der Waals surface area contributed by atoms with Crippen LogP contribution >= 0.6 is 0 Å². The maximum atomic E-state index is 14.3. The van der Waals surface area contributed by atoms with E-state index in [1.54, 1.807) is 0 Å². The number of nitrogens with zero attached hydrogens (tertiary/aromatic N) is 4. The summed E-state index contributed by atoms with van der Waals surface area (Å²) in [6, 6.07) is 16.5. The van der Waals surface area contributed by atoms with Crippen molar-refractivity contribution >= 4 is 11.8 Å². The minimum atomic E-state index is -1.24. The molecule has 0 bridgehead atoms. The number of likely N-dealkylation sites (tertiary alicyclic amines) is 1. The van der Waals surface area contributed by atoms with Gasteiger partial charge < -0.3 is 14.8 Å². The summed E-state index contributed by atoms with van der Waals surface area (Å²) < 4.78 is 15.8. The number of benzene rings is 2. The summed E-state index contributed by atoms with van der Waals surface area (Å²) in [6.07, 6.45) is 1.57. The van der Waals surface area contributed by atoms with Crippen LogP contribution in [0.3, 0.4) is 0 Å². The second-order valence-electron chi connectivity index (χ2n) is 8.70. The molecule has 1 fully saturated rings. The largest absolute Gasteiger partial charge is 0.343 e. The number of nitrogens with one attached hydrogen (secondary N) is 1. The van der Waals surface area contributed by atoms with Crippen molar-refractivity contribution < 1.29 is 14.0 Å². The molecule has 2 heterocycles. The van der Waals surface area contributed by atoms with Crippen LogP contribution in [0.5, 0.6) is 0 Å². The van der Waals surface area contributed by atoms with Gasteiger partial charge in [0.05, 0.1) is 12.6 Å². The molecule has 1 aliphatic heterocycles. The zero-order chi connectivity index (χ0) is 23.4. The fraction of sp³-hybridized carbons (Fsp3) is 0.360. The minimum Gasteiger partial charge on any atom is -0.343 e. The number of amides is 2. The molecule has 0 saturated carbocycles. The van der Waals surface area contributed by atoms with Crippen LogP contribution in [-0.2, 0) is 16.1 Å². The van der Waals surface area contributed by atoms with E-state index in [2.05, 4.69) is 41.5 Å². The maximum Gasteiger partial charge on any atom is 0.243 e. The van der Waals surface area contributed by atoms with Crippen LogP contribution < -0.4 is 5.32 Å². The molecule has 3 atom stereocenters. The Labute approximate surface area is 192 Å². The maximum absolute atomic E-state index is 14.3. The Morgan fingerprint density at radius 3 is 2.24 bits per heavy atom. The number of halogens is 1. The van der Waals surface area contributed by atoms with E-state index in [0.717, 1.165) is 11.1 Å². The first-order valence-corrected chi connectivity index (χ1v) is 11.1. The lowest BCUT2D eigenvalue weighted by Gasteiger charge is -2.27. The van der Waals surface area contributed by atoms with Crippen LogP contribution in [0, 0.1) is 0 Å². The molecule has 3 aromatic rings. The summed E-state index contributed by atoms with van der Waals surface area (Å²) >= 11 is 0. The highest BCUT2D eigenvalue weighted by Gasteiger charge is 2.40. The number of alkyl halides is 1. The van der Waals surface area contributed by atoms with Crippen molar-refractivity contribution in [3.63, 3.8) is 0 Å². The van der Waals surface area contributed by atoms with E-state index in [1.165, 1.54) is 27.7 Å². The molecule has 1 aromatic heterocycles. The highest BCUT2D eigenvalue weighted by Crippen LogP contribution is 2.27. The monoisotopic (exact) mass is 449 g/mol. The molecule has 7 nitrogen and oxygen atoms in total. The van der Waals surface area contributed by atoms with Crippen molar-refractivity contribution in [1.29, 1.82) is 0 Å². The van der Waals surface area contributed by atoms with Gasteiger partial charge in [-0.3, -0.25) is 9.59 Å². The van der Waals surface area contributed by atoms with Gasteiger partial charge in [0.1, 0.15) is 31.4 Å². The van der Waals surface area contributed by atoms with E-state index in [0.29, 0.717) is 5.92 Å². The first-order valence-electron chi connectivity index (χ1n) is 11.1. The molecule has 33 heavy (non-hydrogen) atoms. The van der Waals surface area contributed by atoms with Crippen molar-refractivity contribution in [2.45, 2.75) is 51.0 Å². The van der Waals surface area contributed by atoms with Crippen LogP contribution in [0.15, 0.2) is 67.3 Å². The van der Waals surface area contributed by atoms with Gasteiger partial charge in [0, 0.05) is 6.42 Å². The van der Waals surface area contributed by atoms with Gasteiger partial charge in [0.25, 0.3) is 0 Å². The fourth-order valence-electron chi connectivity index (χ4n) is 4.18. The SMILES string of the molecule is CC(C)c1ccc([C@@H](NC(=O)C2C[C@@H](F)CN2C(=O)Cn2cnnc2)c2ccccc2)cc1. The molecule has 0 spiro atoms. The van der Waals surface area contributed by atoms with Gasteiger partial charge >= 0.3 is 0 Å². The van der Waals surface area contributed by atoms with Gasteiger partial charge in [-0.05, 0) is 22.6 Å². The third-order valence-corrected chi connectivity index (χ3v) is 6.01. The molecule has 1 unspecified atom stereocenters. The Balaban J connectivity index is 1.56. The smallest absolute Gasteiger partial charge is 0.243 e. The summed E-state index contributed by atoms with van der Waals surface area (Å²) in [5.74, 6) is -0.309. The van der Waals surface area contributed by atoms with Crippen molar-refractivity contribution in [2.75, 3.05) is 6.54 Å². The zero-order valence-electron chi connectivity index (χ0n) is 18.8. The van der Waals surface area contributed by atoms with E-state index < -0.39 is 18.3 Å². The van der Waals surface area contributed by atoms with Gasteiger partial charge in [-0.15, -0.1) is 10.2 Å².